The van der Waals surface area contributed by atoms with Crippen molar-refractivity contribution in [1.82, 2.24) is 4.90 Å². The molecule has 2 rings (SSSR count). The maximum atomic E-state index is 12.4. The van der Waals surface area contributed by atoms with E-state index in [-0.39, 0.29) is 25.2 Å². The molecule has 24 heavy (non-hydrogen) atoms. The molecular formula is C18H25NO5. The number of amides is 1. The van der Waals surface area contributed by atoms with Gasteiger partial charge in [0.05, 0.1) is 12.6 Å². The molecule has 1 aliphatic rings. The van der Waals surface area contributed by atoms with Crippen LogP contribution in [0.2, 0.25) is 0 Å². The Kier molecular flexibility index (Phi) is 6.20. The molecule has 0 saturated carbocycles. The van der Waals surface area contributed by atoms with Gasteiger partial charge in [0, 0.05) is 6.54 Å². The van der Waals surface area contributed by atoms with Crippen LogP contribution in [0.3, 0.4) is 0 Å². The van der Waals surface area contributed by atoms with E-state index in [0.717, 1.165) is 12.0 Å². The number of carbonyl (C=O) groups excluding carboxylic acids is 1. The fourth-order valence-electron chi connectivity index (χ4n) is 2.76. The van der Waals surface area contributed by atoms with Crippen LogP contribution in [-0.2, 0) is 14.3 Å². The Morgan fingerprint density at radius 2 is 2.08 bits per heavy atom. The number of aliphatic carboxylic acids is 1. The molecule has 1 heterocycles. The molecule has 6 nitrogen and oxygen atoms in total. The molecule has 6 heteroatoms. The highest BCUT2D eigenvalue weighted by atomic mass is 16.5. The standard InChI is InChI=1S/C18H25NO5/c1-4-12(2)14-7-5-6-8-15(14)23-11-17(20)19-9-13(3)24-16(10-19)18(21)22/h5-8,12-13,16H,4,9-11H2,1-3H3,(H,21,22)/t12?,13-,16?/m1/s1. The lowest BCUT2D eigenvalue weighted by Gasteiger charge is -2.34. The van der Waals surface area contributed by atoms with Crippen LogP contribution in [0.15, 0.2) is 24.3 Å². The highest BCUT2D eigenvalue weighted by molar-refractivity contribution is 5.80. The molecule has 0 aromatic heterocycles. The van der Waals surface area contributed by atoms with Gasteiger partial charge in [0.2, 0.25) is 0 Å². The van der Waals surface area contributed by atoms with E-state index in [1.807, 2.05) is 24.3 Å². The Morgan fingerprint density at radius 1 is 1.38 bits per heavy atom. The number of morpholine rings is 1. The van der Waals surface area contributed by atoms with Crippen molar-refractivity contribution in [2.45, 2.75) is 45.3 Å². The number of para-hydroxylation sites is 1. The van der Waals surface area contributed by atoms with Crippen molar-refractivity contribution in [3.8, 4) is 5.75 Å². The van der Waals surface area contributed by atoms with E-state index in [1.165, 1.54) is 4.90 Å². The Labute approximate surface area is 142 Å². The lowest BCUT2D eigenvalue weighted by Crippen LogP contribution is -2.52. The van der Waals surface area contributed by atoms with E-state index in [1.54, 1.807) is 6.92 Å². The van der Waals surface area contributed by atoms with Crippen LogP contribution in [0, 0.1) is 0 Å². The summed E-state index contributed by atoms with van der Waals surface area (Å²) in [6.07, 6.45) is -0.309. The molecule has 1 aromatic carbocycles. The zero-order valence-electron chi connectivity index (χ0n) is 14.4. The molecule has 0 bridgehead atoms. The lowest BCUT2D eigenvalue weighted by molar-refractivity contribution is -0.167. The van der Waals surface area contributed by atoms with Gasteiger partial charge in [-0.25, -0.2) is 4.79 Å². The van der Waals surface area contributed by atoms with Gasteiger partial charge in [-0.15, -0.1) is 0 Å². The summed E-state index contributed by atoms with van der Waals surface area (Å²) in [5.41, 5.74) is 1.08. The van der Waals surface area contributed by atoms with E-state index >= 15 is 0 Å². The molecule has 1 amide bonds. The fraction of sp³-hybridized carbons (Fsp3) is 0.556. The minimum absolute atomic E-state index is 0.0505. The monoisotopic (exact) mass is 335 g/mol. The second-order valence-corrected chi connectivity index (χ2v) is 6.21. The first-order valence-corrected chi connectivity index (χ1v) is 8.30. The van der Waals surface area contributed by atoms with Crippen molar-refractivity contribution in [2.75, 3.05) is 19.7 Å². The van der Waals surface area contributed by atoms with Crippen molar-refractivity contribution in [3.63, 3.8) is 0 Å². The zero-order chi connectivity index (χ0) is 17.7. The van der Waals surface area contributed by atoms with Crippen LogP contribution in [0.5, 0.6) is 5.75 Å². The van der Waals surface area contributed by atoms with Crippen LogP contribution >= 0.6 is 0 Å². The summed E-state index contributed by atoms with van der Waals surface area (Å²) in [4.78, 5) is 25.0. The van der Waals surface area contributed by atoms with E-state index < -0.39 is 12.1 Å². The zero-order valence-corrected chi connectivity index (χ0v) is 14.4. The average Bonchev–Trinajstić information content (AvgIpc) is 2.58. The number of rotatable bonds is 6. The SMILES string of the molecule is CCC(C)c1ccccc1OCC(=O)N1CC(C(=O)O)O[C@H](C)C1. The van der Waals surface area contributed by atoms with Gasteiger partial charge < -0.3 is 19.5 Å². The quantitative estimate of drug-likeness (QED) is 0.863. The van der Waals surface area contributed by atoms with Gasteiger partial charge in [-0.2, -0.15) is 0 Å². The summed E-state index contributed by atoms with van der Waals surface area (Å²) in [5.74, 6) is -0.231. The second-order valence-electron chi connectivity index (χ2n) is 6.21. The first kappa shape index (κ1) is 18.3. The highest BCUT2D eigenvalue weighted by Gasteiger charge is 2.32. The molecule has 1 fully saturated rings. The maximum Gasteiger partial charge on any atom is 0.334 e. The van der Waals surface area contributed by atoms with Crippen LogP contribution < -0.4 is 4.74 Å². The summed E-state index contributed by atoms with van der Waals surface area (Å²) < 4.78 is 11.0. The first-order chi connectivity index (χ1) is 11.4. The van der Waals surface area contributed by atoms with Crippen LogP contribution in [0.1, 0.15) is 38.7 Å². The van der Waals surface area contributed by atoms with Gasteiger partial charge in [0.15, 0.2) is 12.7 Å². The second kappa shape index (κ2) is 8.15. The minimum Gasteiger partial charge on any atom is -0.483 e. The molecule has 0 spiro atoms. The Hall–Kier alpha value is -2.08. The number of nitrogens with zero attached hydrogens (tertiary/aromatic N) is 1. The summed E-state index contributed by atoms with van der Waals surface area (Å²) in [6.45, 7) is 6.30. The molecule has 3 atom stereocenters. The third-order valence-electron chi connectivity index (χ3n) is 4.30. The molecule has 1 aliphatic heterocycles. The number of ether oxygens (including phenoxy) is 2. The lowest BCUT2D eigenvalue weighted by atomic mass is 9.98. The molecule has 1 saturated heterocycles. The first-order valence-electron chi connectivity index (χ1n) is 8.30. The van der Waals surface area contributed by atoms with E-state index in [0.29, 0.717) is 18.2 Å². The third kappa shape index (κ3) is 4.47. The minimum atomic E-state index is -1.05. The van der Waals surface area contributed by atoms with E-state index in [4.69, 9.17) is 14.6 Å². The van der Waals surface area contributed by atoms with Gasteiger partial charge in [0.1, 0.15) is 5.75 Å². The van der Waals surface area contributed by atoms with Crippen LogP contribution in [-0.4, -0.2) is 53.8 Å². The smallest absolute Gasteiger partial charge is 0.334 e. The molecule has 1 aromatic rings. The fourth-order valence-corrected chi connectivity index (χ4v) is 2.76. The maximum absolute atomic E-state index is 12.4. The van der Waals surface area contributed by atoms with Gasteiger partial charge >= 0.3 is 5.97 Å². The highest BCUT2D eigenvalue weighted by Crippen LogP contribution is 2.28. The van der Waals surface area contributed by atoms with Crippen LogP contribution in [0.4, 0.5) is 0 Å². The number of hydrogen-bond donors (Lipinski definition) is 1. The molecule has 0 aliphatic carbocycles. The van der Waals surface area contributed by atoms with Crippen LogP contribution in [0.25, 0.3) is 0 Å². The van der Waals surface area contributed by atoms with E-state index in [2.05, 4.69) is 13.8 Å². The molecule has 132 valence electrons. The van der Waals surface area contributed by atoms with Gasteiger partial charge in [-0.05, 0) is 30.9 Å². The van der Waals surface area contributed by atoms with Crippen molar-refractivity contribution in [1.29, 1.82) is 0 Å². The predicted octanol–water partition coefficient (Wildman–Crippen LogP) is 2.28. The predicted molar refractivity (Wildman–Crippen MR) is 89.2 cm³/mol. The molecule has 2 unspecified atom stereocenters. The number of carbonyl (C=O) groups is 2. The average molecular weight is 335 g/mol. The normalized spacial score (nSPS) is 22.0. The molecule has 1 N–H and O–H groups in total. The number of benzene rings is 1. The van der Waals surface area contributed by atoms with Gasteiger partial charge in [-0.1, -0.05) is 32.0 Å². The van der Waals surface area contributed by atoms with Crippen molar-refractivity contribution in [2.24, 2.45) is 0 Å². The Morgan fingerprint density at radius 3 is 2.75 bits per heavy atom. The van der Waals surface area contributed by atoms with E-state index in [9.17, 15) is 9.59 Å². The Bertz CT molecular complexity index is 589. The summed E-state index contributed by atoms with van der Waals surface area (Å²) in [5, 5.41) is 9.09. The molecule has 0 radical (unpaired) electrons. The van der Waals surface area contributed by atoms with Crippen molar-refractivity contribution in [3.05, 3.63) is 29.8 Å². The van der Waals surface area contributed by atoms with Gasteiger partial charge in [-0.3, -0.25) is 4.79 Å². The topological polar surface area (TPSA) is 76.1 Å². The number of hydrogen-bond acceptors (Lipinski definition) is 4. The number of carboxylic acid groups (broad SMARTS) is 1. The number of carboxylic acids is 1. The van der Waals surface area contributed by atoms with Crippen molar-refractivity contribution >= 4 is 11.9 Å². The third-order valence-corrected chi connectivity index (χ3v) is 4.30. The summed E-state index contributed by atoms with van der Waals surface area (Å²) >= 11 is 0. The molecular weight excluding hydrogens is 310 g/mol. The Balaban J connectivity index is 1.99. The summed E-state index contributed by atoms with van der Waals surface area (Å²) in [7, 11) is 0. The largest absolute Gasteiger partial charge is 0.483 e. The van der Waals surface area contributed by atoms with Gasteiger partial charge in [0.25, 0.3) is 5.91 Å². The van der Waals surface area contributed by atoms with Crippen molar-refractivity contribution < 1.29 is 24.2 Å². The summed E-state index contributed by atoms with van der Waals surface area (Å²) in [6, 6.07) is 7.70.